The molecule has 3 aromatic carbocycles. The SMILES string of the molecule is CN1C(=S)N(C2CCCCC2)C(=O)/C1=C/c1ccc(OCc2cccc3ccccc23)c(Br)c1. The molecule has 4 nitrogen and oxygen atoms in total. The van der Waals surface area contributed by atoms with E-state index in [1.54, 1.807) is 0 Å². The Kier molecular flexibility index (Phi) is 6.70. The van der Waals surface area contributed by atoms with Crippen molar-refractivity contribution in [2.24, 2.45) is 0 Å². The topological polar surface area (TPSA) is 32.8 Å². The number of nitrogens with zero attached hydrogens (tertiary/aromatic N) is 2. The van der Waals surface area contributed by atoms with Crippen LogP contribution in [0.3, 0.4) is 0 Å². The predicted molar refractivity (Wildman–Crippen MR) is 144 cm³/mol. The molecule has 0 bridgehead atoms. The molecule has 6 heteroatoms. The summed E-state index contributed by atoms with van der Waals surface area (Å²) in [7, 11) is 1.88. The van der Waals surface area contributed by atoms with Crippen LogP contribution in [0.4, 0.5) is 0 Å². The minimum Gasteiger partial charge on any atom is -0.488 e. The predicted octanol–water partition coefficient (Wildman–Crippen LogP) is 6.91. The zero-order valence-electron chi connectivity index (χ0n) is 19.2. The fraction of sp³-hybridized carbons (Fsp3) is 0.286. The molecule has 1 aliphatic carbocycles. The summed E-state index contributed by atoms with van der Waals surface area (Å²) in [6.07, 6.45) is 7.53. The van der Waals surface area contributed by atoms with Crippen LogP contribution in [0.2, 0.25) is 0 Å². The van der Waals surface area contributed by atoms with Crippen LogP contribution in [0.1, 0.15) is 43.2 Å². The van der Waals surface area contributed by atoms with Crippen molar-refractivity contribution in [1.82, 2.24) is 9.80 Å². The third-order valence-electron chi connectivity index (χ3n) is 6.75. The van der Waals surface area contributed by atoms with Gasteiger partial charge in [-0.25, -0.2) is 0 Å². The first-order chi connectivity index (χ1) is 16.5. The largest absolute Gasteiger partial charge is 0.488 e. The highest BCUT2D eigenvalue weighted by Crippen LogP contribution is 2.32. The third kappa shape index (κ3) is 4.49. The molecule has 3 aromatic rings. The maximum Gasteiger partial charge on any atom is 0.277 e. The van der Waals surface area contributed by atoms with Crippen molar-refractivity contribution in [3.8, 4) is 5.75 Å². The van der Waals surface area contributed by atoms with Crippen LogP contribution < -0.4 is 4.74 Å². The molecule has 0 aromatic heterocycles. The number of hydrogen-bond donors (Lipinski definition) is 0. The maximum absolute atomic E-state index is 13.2. The van der Waals surface area contributed by atoms with Gasteiger partial charge in [-0.05, 0) is 81.1 Å². The second-order valence-electron chi connectivity index (χ2n) is 8.95. The van der Waals surface area contributed by atoms with E-state index in [-0.39, 0.29) is 11.9 Å². The summed E-state index contributed by atoms with van der Waals surface area (Å²) < 4.78 is 6.99. The summed E-state index contributed by atoms with van der Waals surface area (Å²) in [5.74, 6) is 0.771. The fourth-order valence-electron chi connectivity index (χ4n) is 4.89. The Morgan fingerprint density at radius 2 is 1.82 bits per heavy atom. The lowest BCUT2D eigenvalue weighted by Gasteiger charge is -2.30. The lowest BCUT2D eigenvalue weighted by Crippen LogP contribution is -2.41. The molecule has 0 N–H and O–H groups in total. The molecule has 1 heterocycles. The van der Waals surface area contributed by atoms with Crippen molar-refractivity contribution < 1.29 is 9.53 Å². The van der Waals surface area contributed by atoms with E-state index in [1.807, 2.05) is 53.3 Å². The highest BCUT2D eigenvalue weighted by atomic mass is 79.9. The first-order valence-corrected chi connectivity index (χ1v) is 12.9. The summed E-state index contributed by atoms with van der Waals surface area (Å²) in [6.45, 7) is 0.478. The molecular weight excluding hydrogens is 508 g/mol. The molecule has 1 aliphatic heterocycles. The van der Waals surface area contributed by atoms with Crippen LogP contribution in [0, 0.1) is 0 Å². The van der Waals surface area contributed by atoms with Crippen LogP contribution in [0.25, 0.3) is 16.8 Å². The fourth-order valence-corrected chi connectivity index (χ4v) is 5.74. The van der Waals surface area contributed by atoms with E-state index in [0.717, 1.165) is 47.0 Å². The summed E-state index contributed by atoms with van der Waals surface area (Å²) in [6, 6.07) is 20.7. The number of fused-ring (bicyclic) bond motifs is 1. The van der Waals surface area contributed by atoms with Crippen LogP contribution >= 0.6 is 28.1 Å². The van der Waals surface area contributed by atoms with Gasteiger partial charge in [-0.2, -0.15) is 0 Å². The van der Waals surface area contributed by atoms with Crippen molar-refractivity contribution >= 4 is 56.0 Å². The van der Waals surface area contributed by atoms with E-state index in [2.05, 4.69) is 46.3 Å². The van der Waals surface area contributed by atoms with Gasteiger partial charge in [0, 0.05) is 13.1 Å². The molecule has 0 radical (unpaired) electrons. The van der Waals surface area contributed by atoms with Gasteiger partial charge >= 0.3 is 0 Å². The van der Waals surface area contributed by atoms with E-state index < -0.39 is 0 Å². The van der Waals surface area contributed by atoms with Gasteiger partial charge in [0.1, 0.15) is 18.1 Å². The number of ether oxygens (including phenoxy) is 1. The van der Waals surface area contributed by atoms with E-state index in [1.165, 1.54) is 17.2 Å². The molecule has 2 fully saturated rings. The lowest BCUT2D eigenvalue weighted by molar-refractivity contribution is -0.124. The highest BCUT2D eigenvalue weighted by molar-refractivity contribution is 9.10. The van der Waals surface area contributed by atoms with E-state index in [9.17, 15) is 4.79 Å². The molecule has 0 atom stereocenters. The number of carbonyl (C=O) groups is 1. The van der Waals surface area contributed by atoms with Gasteiger partial charge in [-0.3, -0.25) is 9.69 Å². The molecule has 1 saturated heterocycles. The number of likely N-dealkylation sites (N-methyl/N-ethyl adjacent to an activating group) is 1. The average Bonchev–Trinajstić information content (AvgIpc) is 3.07. The zero-order valence-corrected chi connectivity index (χ0v) is 21.6. The van der Waals surface area contributed by atoms with Gasteiger partial charge in [0.05, 0.1) is 4.47 Å². The first-order valence-electron chi connectivity index (χ1n) is 11.7. The van der Waals surface area contributed by atoms with Crippen LogP contribution in [-0.2, 0) is 11.4 Å². The Hall–Kier alpha value is -2.70. The summed E-state index contributed by atoms with van der Waals surface area (Å²) in [5.41, 5.74) is 2.69. The molecule has 0 unspecified atom stereocenters. The lowest BCUT2D eigenvalue weighted by atomic mass is 9.94. The van der Waals surface area contributed by atoms with Gasteiger partial charge in [0.25, 0.3) is 5.91 Å². The van der Waals surface area contributed by atoms with Crippen molar-refractivity contribution in [2.75, 3.05) is 7.05 Å². The Balaban J connectivity index is 1.33. The highest BCUT2D eigenvalue weighted by Gasteiger charge is 2.40. The van der Waals surface area contributed by atoms with Crippen molar-refractivity contribution in [3.63, 3.8) is 0 Å². The maximum atomic E-state index is 13.2. The number of hydrogen-bond acceptors (Lipinski definition) is 3. The Labute approximate surface area is 214 Å². The van der Waals surface area contributed by atoms with Gasteiger partial charge in [-0.1, -0.05) is 67.8 Å². The molecule has 174 valence electrons. The Morgan fingerprint density at radius 1 is 1.06 bits per heavy atom. The van der Waals surface area contributed by atoms with Gasteiger partial charge in [0.15, 0.2) is 5.11 Å². The monoisotopic (exact) mass is 534 g/mol. The normalized spacial score (nSPS) is 18.4. The van der Waals surface area contributed by atoms with Crippen molar-refractivity contribution in [3.05, 3.63) is 82.0 Å². The van der Waals surface area contributed by atoms with Crippen molar-refractivity contribution in [2.45, 2.75) is 44.8 Å². The molecule has 34 heavy (non-hydrogen) atoms. The number of thiocarbonyl (C=S) groups is 1. The molecule has 0 spiro atoms. The smallest absolute Gasteiger partial charge is 0.277 e. The van der Waals surface area contributed by atoms with E-state index in [0.29, 0.717) is 17.4 Å². The van der Waals surface area contributed by atoms with E-state index >= 15 is 0 Å². The van der Waals surface area contributed by atoms with Gasteiger partial charge in [0.2, 0.25) is 0 Å². The second-order valence-corrected chi connectivity index (χ2v) is 10.2. The quantitative estimate of drug-likeness (QED) is 0.263. The van der Waals surface area contributed by atoms with Crippen LogP contribution in [0.15, 0.2) is 70.8 Å². The number of benzene rings is 3. The second kappa shape index (κ2) is 9.88. The first kappa shape index (κ1) is 23.1. The number of rotatable bonds is 5. The summed E-state index contributed by atoms with van der Waals surface area (Å²) >= 11 is 9.28. The summed E-state index contributed by atoms with van der Waals surface area (Å²) in [5, 5.41) is 3.01. The number of halogens is 1. The molecule has 1 saturated carbocycles. The number of carbonyl (C=O) groups excluding carboxylic acids is 1. The van der Waals surface area contributed by atoms with Crippen LogP contribution in [-0.4, -0.2) is 33.9 Å². The standard InChI is InChI=1S/C28H27BrN2O2S/c1-30-25(27(32)31(28(30)34)22-11-3-2-4-12-22)17-19-14-15-26(24(29)16-19)33-18-21-10-7-9-20-8-5-6-13-23(20)21/h5-10,13-17,22H,2-4,11-12,18H2,1H3/b25-17-. The minimum absolute atomic E-state index is 0.00630. The Morgan fingerprint density at radius 3 is 2.62 bits per heavy atom. The van der Waals surface area contributed by atoms with Gasteiger partial charge < -0.3 is 9.64 Å². The van der Waals surface area contributed by atoms with E-state index in [4.69, 9.17) is 17.0 Å². The molecule has 2 aliphatic rings. The van der Waals surface area contributed by atoms with Gasteiger partial charge in [-0.15, -0.1) is 0 Å². The Bertz CT molecular complexity index is 1280. The summed E-state index contributed by atoms with van der Waals surface area (Å²) in [4.78, 5) is 16.9. The minimum atomic E-state index is 0.00630. The third-order valence-corrected chi connectivity index (χ3v) is 7.84. The average molecular weight is 536 g/mol. The number of amides is 1. The molecular formula is C28H27BrN2O2S. The van der Waals surface area contributed by atoms with Crippen molar-refractivity contribution in [1.29, 1.82) is 0 Å². The van der Waals surface area contributed by atoms with Crippen LogP contribution in [0.5, 0.6) is 5.75 Å². The molecule has 1 amide bonds. The molecule has 5 rings (SSSR count). The zero-order chi connectivity index (χ0) is 23.7.